The highest BCUT2D eigenvalue weighted by Gasteiger charge is 2.19. The Hall–Kier alpha value is -2.23. The number of benzene rings is 1. The van der Waals surface area contributed by atoms with Gasteiger partial charge in [0.15, 0.2) is 0 Å². The summed E-state index contributed by atoms with van der Waals surface area (Å²) in [6.45, 7) is 4.51. The molecule has 0 aliphatic carbocycles. The summed E-state index contributed by atoms with van der Waals surface area (Å²) in [6.07, 6.45) is 3.36. The minimum atomic E-state index is -0.439. The summed E-state index contributed by atoms with van der Waals surface area (Å²) >= 11 is 0. The highest BCUT2D eigenvalue weighted by molar-refractivity contribution is 5.94. The van der Waals surface area contributed by atoms with Gasteiger partial charge in [-0.3, -0.25) is 9.78 Å². The highest BCUT2D eigenvalue weighted by atomic mass is 19.1. The molecule has 0 radical (unpaired) electrons. The number of nitrogens with zero attached hydrogens (tertiary/aromatic N) is 2. The summed E-state index contributed by atoms with van der Waals surface area (Å²) in [5.41, 5.74) is 1.58. The lowest BCUT2D eigenvalue weighted by molar-refractivity contribution is 0.0747. The van der Waals surface area contributed by atoms with E-state index < -0.39 is 5.82 Å². The highest BCUT2D eigenvalue weighted by Crippen LogP contribution is 2.15. The average Bonchev–Trinajstić information content (AvgIpc) is 2.48. The van der Waals surface area contributed by atoms with Crippen molar-refractivity contribution in [3.63, 3.8) is 0 Å². The van der Waals surface area contributed by atoms with Crippen molar-refractivity contribution in [2.75, 3.05) is 6.54 Å². The van der Waals surface area contributed by atoms with Gasteiger partial charge < -0.3 is 4.90 Å². The molecule has 0 unspecified atom stereocenters. The van der Waals surface area contributed by atoms with Crippen molar-refractivity contribution in [2.24, 2.45) is 0 Å². The van der Waals surface area contributed by atoms with Crippen LogP contribution in [0, 0.1) is 12.7 Å². The number of carbonyl (C=O) groups excluding carboxylic acids is 1. The van der Waals surface area contributed by atoms with Crippen LogP contribution in [0.5, 0.6) is 0 Å². The number of aromatic nitrogens is 1. The van der Waals surface area contributed by atoms with Crippen LogP contribution in [-0.2, 0) is 6.54 Å². The molecule has 0 saturated heterocycles. The Balaban J connectivity index is 2.23. The van der Waals surface area contributed by atoms with E-state index in [9.17, 15) is 9.18 Å². The maximum atomic E-state index is 14.0. The molecule has 1 heterocycles. The first kappa shape index (κ1) is 14.2. The largest absolute Gasteiger partial charge is 0.335 e. The number of hydrogen-bond acceptors (Lipinski definition) is 2. The van der Waals surface area contributed by atoms with Gasteiger partial charge in [-0.2, -0.15) is 0 Å². The molecule has 104 valence electrons. The Morgan fingerprint density at radius 2 is 1.95 bits per heavy atom. The molecule has 0 spiro atoms. The monoisotopic (exact) mass is 272 g/mol. The number of hydrogen-bond donors (Lipinski definition) is 0. The van der Waals surface area contributed by atoms with Crippen molar-refractivity contribution in [2.45, 2.75) is 20.4 Å². The number of halogens is 1. The van der Waals surface area contributed by atoms with E-state index in [0.29, 0.717) is 18.7 Å². The van der Waals surface area contributed by atoms with E-state index in [-0.39, 0.29) is 11.5 Å². The lowest BCUT2D eigenvalue weighted by atomic mass is 10.1. The van der Waals surface area contributed by atoms with Crippen molar-refractivity contribution in [1.29, 1.82) is 0 Å². The van der Waals surface area contributed by atoms with Crippen molar-refractivity contribution < 1.29 is 9.18 Å². The van der Waals surface area contributed by atoms with Crippen LogP contribution in [0.1, 0.15) is 28.4 Å². The van der Waals surface area contributed by atoms with Crippen LogP contribution in [0.2, 0.25) is 0 Å². The summed E-state index contributed by atoms with van der Waals surface area (Å²) < 4.78 is 14.0. The maximum Gasteiger partial charge on any atom is 0.257 e. The molecule has 1 amide bonds. The van der Waals surface area contributed by atoms with E-state index >= 15 is 0 Å². The molecule has 2 rings (SSSR count). The second kappa shape index (κ2) is 6.28. The molecule has 0 fully saturated rings. The van der Waals surface area contributed by atoms with Gasteiger partial charge in [0.1, 0.15) is 5.82 Å². The molecule has 0 saturated carbocycles. The van der Waals surface area contributed by atoms with Crippen LogP contribution in [0.3, 0.4) is 0 Å². The first-order valence-electron chi connectivity index (χ1n) is 6.56. The second-order valence-electron chi connectivity index (χ2n) is 4.61. The standard InChI is InChI=1S/C16H17FN2O/c1-3-19(11-13-7-9-18-10-8-13)16(20)14-6-4-5-12(2)15(14)17/h4-10H,3,11H2,1-2H3. The Kier molecular flexibility index (Phi) is 4.45. The third-order valence-electron chi connectivity index (χ3n) is 3.21. The maximum absolute atomic E-state index is 14.0. The van der Waals surface area contributed by atoms with Crippen LogP contribution >= 0.6 is 0 Å². The van der Waals surface area contributed by atoms with Crippen LogP contribution in [0.15, 0.2) is 42.7 Å². The lowest BCUT2D eigenvalue weighted by Gasteiger charge is -2.21. The molecular weight excluding hydrogens is 255 g/mol. The molecule has 3 nitrogen and oxygen atoms in total. The smallest absolute Gasteiger partial charge is 0.257 e. The van der Waals surface area contributed by atoms with E-state index in [1.165, 1.54) is 6.07 Å². The zero-order valence-electron chi connectivity index (χ0n) is 11.6. The van der Waals surface area contributed by atoms with E-state index in [1.807, 2.05) is 19.1 Å². The molecule has 4 heteroatoms. The quantitative estimate of drug-likeness (QED) is 0.856. The molecule has 1 aromatic carbocycles. The summed E-state index contributed by atoms with van der Waals surface area (Å²) in [5, 5.41) is 0. The van der Waals surface area contributed by atoms with Crippen LogP contribution < -0.4 is 0 Å². The third kappa shape index (κ3) is 3.02. The SMILES string of the molecule is CCN(Cc1ccncc1)C(=O)c1cccc(C)c1F. The number of pyridine rings is 1. The van der Waals surface area contributed by atoms with Gasteiger partial charge in [0, 0.05) is 25.5 Å². The average molecular weight is 272 g/mol. The molecule has 0 atom stereocenters. The van der Waals surface area contributed by atoms with Gasteiger partial charge in [-0.25, -0.2) is 4.39 Å². The molecule has 20 heavy (non-hydrogen) atoms. The summed E-state index contributed by atoms with van der Waals surface area (Å²) in [6, 6.07) is 8.59. The van der Waals surface area contributed by atoms with E-state index in [0.717, 1.165) is 5.56 Å². The summed E-state index contributed by atoms with van der Waals surface area (Å²) in [4.78, 5) is 18.0. The fourth-order valence-electron chi connectivity index (χ4n) is 2.02. The first-order valence-corrected chi connectivity index (χ1v) is 6.56. The fourth-order valence-corrected chi connectivity index (χ4v) is 2.02. The molecule has 2 aromatic rings. The van der Waals surface area contributed by atoms with Crippen LogP contribution in [0.25, 0.3) is 0 Å². The van der Waals surface area contributed by atoms with Crippen molar-refractivity contribution in [1.82, 2.24) is 9.88 Å². The normalized spacial score (nSPS) is 10.3. The molecule has 0 aliphatic rings. The minimum absolute atomic E-state index is 0.126. The molecule has 0 aliphatic heterocycles. The second-order valence-corrected chi connectivity index (χ2v) is 4.61. The molecular formula is C16H17FN2O. The Labute approximate surface area is 118 Å². The molecule has 0 N–H and O–H groups in total. The summed E-state index contributed by atoms with van der Waals surface area (Å²) in [7, 11) is 0. The van der Waals surface area contributed by atoms with Gasteiger partial charge in [0.2, 0.25) is 0 Å². The Bertz CT molecular complexity index is 599. The first-order chi connectivity index (χ1) is 9.63. The minimum Gasteiger partial charge on any atom is -0.335 e. The number of aryl methyl sites for hydroxylation is 1. The van der Waals surface area contributed by atoms with Crippen molar-refractivity contribution in [3.8, 4) is 0 Å². The van der Waals surface area contributed by atoms with Gasteiger partial charge in [-0.15, -0.1) is 0 Å². The number of rotatable bonds is 4. The van der Waals surface area contributed by atoms with Gasteiger partial charge in [-0.1, -0.05) is 12.1 Å². The van der Waals surface area contributed by atoms with Crippen molar-refractivity contribution >= 4 is 5.91 Å². The third-order valence-corrected chi connectivity index (χ3v) is 3.21. The lowest BCUT2D eigenvalue weighted by Crippen LogP contribution is -2.31. The molecule has 1 aromatic heterocycles. The van der Waals surface area contributed by atoms with Crippen molar-refractivity contribution in [3.05, 3.63) is 65.2 Å². The predicted octanol–water partition coefficient (Wildman–Crippen LogP) is 3.19. The van der Waals surface area contributed by atoms with Gasteiger partial charge in [0.05, 0.1) is 5.56 Å². The van der Waals surface area contributed by atoms with Gasteiger partial charge in [0.25, 0.3) is 5.91 Å². The summed E-state index contributed by atoms with van der Waals surface area (Å²) in [5.74, 6) is -0.726. The topological polar surface area (TPSA) is 33.2 Å². The van der Waals surface area contributed by atoms with E-state index in [2.05, 4.69) is 4.98 Å². The van der Waals surface area contributed by atoms with E-state index in [1.54, 1.807) is 36.4 Å². The van der Waals surface area contributed by atoms with E-state index in [4.69, 9.17) is 0 Å². The predicted molar refractivity (Wildman–Crippen MR) is 75.8 cm³/mol. The zero-order valence-corrected chi connectivity index (χ0v) is 11.6. The zero-order chi connectivity index (χ0) is 14.5. The Morgan fingerprint density at radius 3 is 2.60 bits per heavy atom. The molecule has 0 bridgehead atoms. The van der Waals surface area contributed by atoms with Gasteiger partial charge in [-0.05, 0) is 43.2 Å². The van der Waals surface area contributed by atoms with Gasteiger partial charge >= 0.3 is 0 Å². The fraction of sp³-hybridized carbons (Fsp3) is 0.250. The van der Waals surface area contributed by atoms with Crippen LogP contribution in [-0.4, -0.2) is 22.3 Å². The van der Waals surface area contributed by atoms with Crippen LogP contribution in [0.4, 0.5) is 4.39 Å². The number of carbonyl (C=O) groups is 1. The number of amides is 1. The Morgan fingerprint density at radius 1 is 1.25 bits per heavy atom.